The van der Waals surface area contributed by atoms with Crippen LogP contribution in [0.15, 0.2) is 47.0 Å². The standard InChI is InChI=1S/C14H10N2O3/c1-9-10-4-2-3-5-12(10)15-8-11(9)13-6-7-14(19-13)16(17)18/h2-8H,1H3. The van der Waals surface area contributed by atoms with Crippen LogP contribution in [0, 0.1) is 17.0 Å². The third-order valence-corrected chi connectivity index (χ3v) is 3.08. The minimum absolute atomic E-state index is 0.262. The molecule has 0 unspecified atom stereocenters. The number of pyridine rings is 1. The Labute approximate surface area is 108 Å². The summed E-state index contributed by atoms with van der Waals surface area (Å²) in [4.78, 5) is 14.4. The van der Waals surface area contributed by atoms with Gasteiger partial charge in [0.15, 0.2) is 0 Å². The molecule has 0 spiro atoms. The van der Waals surface area contributed by atoms with E-state index in [0.29, 0.717) is 5.76 Å². The molecule has 94 valence electrons. The number of benzene rings is 1. The van der Waals surface area contributed by atoms with Gasteiger partial charge in [0.1, 0.15) is 10.7 Å². The van der Waals surface area contributed by atoms with Gasteiger partial charge < -0.3 is 4.42 Å². The summed E-state index contributed by atoms with van der Waals surface area (Å²) in [6.07, 6.45) is 1.68. The van der Waals surface area contributed by atoms with Crippen LogP contribution in [0.5, 0.6) is 0 Å². The van der Waals surface area contributed by atoms with Gasteiger partial charge in [0.05, 0.1) is 11.6 Å². The number of rotatable bonds is 2. The number of hydrogen-bond donors (Lipinski definition) is 0. The van der Waals surface area contributed by atoms with Gasteiger partial charge in [-0.3, -0.25) is 15.1 Å². The van der Waals surface area contributed by atoms with Crippen LogP contribution in [0.25, 0.3) is 22.2 Å². The molecule has 5 nitrogen and oxygen atoms in total. The van der Waals surface area contributed by atoms with Crippen molar-refractivity contribution in [2.24, 2.45) is 0 Å². The number of hydrogen-bond acceptors (Lipinski definition) is 4. The van der Waals surface area contributed by atoms with Crippen molar-refractivity contribution in [1.29, 1.82) is 0 Å². The van der Waals surface area contributed by atoms with Gasteiger partial charge in [0, 0.05) is 17.1 Å². The normalized spacial score (nSPS) is 10.8. The minimum Gasteiger partial charge on any atom is -0.401 e. The number of fused-ring (bicyclic) bond motifs is 1. The van der Waals surface area contributed by atoms with Crippen molar-refractivity contribution in [3.63, 3.8) is 0 Å². The fourth-order valence-corrected chi connectivity index (χ4v) is 2.10. The maximum absolute atomic E-state index is 10.6. The van der Waals surface area contributed by atoms with Crippen LogP contribution in [-0.4, -0.2) is 9.91 Å². The zero-order chi connectivity index (χ0) is 13.4. The van der Waals surface area contributed by atoms with E-state index in [0.717, 1.165) is 22.0 Å². The first-order valence-corrected chi connectivity index (χ1v) is 5.76. The number of aromatic nitrogens is 1. The Morgan fingerprint density at radius 1 is 1.21 bits per heavy atom. The molecule has 0 N–H and O–H groups in total. The van der Waals surface area contributed by atoms with E-state index < -0.39 is 4.92 Å². The van der Waals surface area contributed by atoms with Crippen molar-refractivity contribution in [2.75, 3.05) is 0 Å². The molecule has 0 saturated carbocycles. The summed E-state index contributed by atoms with van der Waals surface area (Å²) < 4.78 is 5.22. The third-order valence-electron chi connectivity index (χ3n) is 3.08. The van der Waals surface area contributed by atoms with E-state index >= 15 is 0 Å². The number of nitrogens with zero attached hydrogens (tertiary/aromatic N) is 2. The maximum atomic E-state index is 10.6. The van der Waals surface area contributed by atoms with E-state index in [1.165, 1.54) is 6.07 Å². The molecule has 0 atom stereocenters. The number of nitro groups is 1. The molecule has 0 aliphatic rings. The van der Waals surface area contributed by atoms with Crippen LogP contribution in [0.4, 0.5) is 5.88 Å². The van der Waals surface area contributed by atoms with Crippen LogP contribution >= 0.6 is 0 Å². The van der Waals surface area contributed by atoms with Crippen molar-refractivity contribution in [3.05, 3.63) is 58.3 Å². The lowest BCUT2D eigenvalue weighted by atomic mass is 10.0. The van der Waals surface area contributed by atoms with Gasteiger partial charge in [-0.25, -0.2) is 0 Å². The molecule has 3 aromatic rings. The van der Waals surface area contributed by atoms with Gasteiger partial charge in [0.25, 0.3) is 0 Å². The predicted octanol–water partition coefficient (Wildman–Crippen LogP) is 3.71. The summed E-state index contributed by atoms with van der Waals surface area (Å²) in [6, 6.07) is 10.7. The van der Waals surface area contributed by atoms with E-state index in [1.54, 1.807) is 12.3 Å². The summed E-state index contributed by atoms with van der Waals surface area (Å²) in [5.74, 6) is 0.199. The zero-order valence-electron chi connectivity index (χ0n) is 10.2. The molecule has 0 radical (unpaired) electrons. The van der Waals surface area contributed by atoms with Crippen molar-refractivity contribution >= 4 is 16.8 Å². The Balaban J connectivity index is 2.19. The molecule has 0 aliphatic carbocycles. The molecule has 0 bridgehead atoms. The smallest absolute Gasteiger partial charge is 0.401 e. The van der Waals surface area contributed by atoms with E-state index in [4.69, 9.17) is 4.42 Å². The van der Waals surface area contributed by atoms with Crippen molar-refractivity contribution in [3.8, 4) is 11.3 Å². The molecule has 2 heterocycles. The Bertz CT molecular complexity index is 777. The highest BCUT2D eigenvalue weighted by Crippen LogP contribution is 2.31. The van der Waals surface area contributed by atoms with Crippen molar-refractivity contribution < 1.29 is 9.34 Å². The average Bonchev–Trinajstić information content (AvgIpc) is 2.89. The lowest BCUT2D eigenvalue weighted by Crippen LogP contribution is -1.88. The highest BCUT2D eigenvalue weighted by atomic mass is 16.6. The van der Waals surface area contributed by atoms with Crippen LogP contribution in [0.2, 0.25) is 0 Å². The van der Waals surface area contributed by atoms with Crippen molar-refractivity contribution in [2.45, 2.75) is 6.92 Å². The molecule has 2 aromatic heterocycles. The quantitative estimate of drug-likeness (QED) is 0.516. The zero-order valence-corrected chi connectivity index (χ0v) is 10.2. The number of para-hydroxylation sites is 1. The molecule has 0 amide bonds. The van der Waals surface area contributed by atoms with Crippen LogP contribution in [0.3, 0.4) is 0 Å². The van der Waals surface area contributed by atoms with E-state index in [2.05, 4.69) is 4.98 Å². The number of furan rings is 1. The van der Waals surface area contributed by atoms with Crippen LogP contribution in [0.1, 0.15) is 5.56 Å². The third kappa shape index (κ3) is 1.85. The molecule has 1 aromatic carbocycles. The highest BCUT2D eigenvalue weighted by molar-refractivity contribution is 5.87. The van der Waals surface area contributed by atoms with Gasteiger partial charge in [-0.1, -0.05) is 18.2 Å². The Morgan fingerprint density at radius 2 is 2.00 bits per heavy atom. The van der Waals surface area contributed by atoms with E-state index in [1.807, 2.05) is 31.2 Å². The van der Waals surface area contributed by atoms with Crippen LogP contribution < -0.4 is 0 Å². The second-order valence-corrected chi connectivity index (χ2v) is 4.21. The van der Waals surface area contributed by atoms with Gasteiger partial charge in [-0.2, -0.15) is 0 Å². The molecular formula is C14H10N2O3. The lowest BCUT2D eigenvalue weighted by Gasteiger charge is -2.05. The Hall–Kier alpha value is -2.69. The van der Waals surface area contributed by atoms with Gasteiger partial charge in [0.2, 0.25) is 0 Å². The first-order chi connectivity index (χ1) is 9.16. The molecule has 0 aliphatic heterocycles. The van der Waals surface area contributed by atoms with E-state index in [9.17, 15) is 10.1 Å². The molecule has 0 fully saturated rings. The average molecular weight is 254 g/mol. The summed E-state index contributed by atoms with van der Waals surface area (Å²) in [5.41, 5.74) is 2.66. The summed E-state index contributed by atoms with van der Waals surface area (Å²) in [7, 11) is 0. The Morgan fingerprint density at radius 3 is 2.74 bits per heavy atom. The summed E-state index contributed by atoms with van der Waals surface area (Å²) in [6.45, 7) is 1.95. The lowest BCUT2D eigenvalue weighted by molar-refractivity contribution is -0.401. The van der Waals surface area contributed by atoms with Crippen molar-refractivity contribution in [1.82, 2.24) is 4.98 Å². The Kier molecular flexibility index (Phi) is 2.52. The topological polar surface area (TPSA) is 69.2 Å². The fraction of sp³-hybridized carbons (Fsp3) is 0.0714. The first-order valence-electron chi connectivity index (χ1n) is 5.76. The molecule has 5 heteroatoms. The summed E-state index contributed by atoms with van der Waals surface area (Å²) >= 11 is 0. The second kappa shape index (κ2) is 4.20. The fourth-order valence-electron chi connectivity index (χ4n) is 2.10. The molecule has 19 heavy (non-hydrogen) atoms. The van der Waals surface area contributed by atoms with Gasteiger partial charge >= 0.3 is 5.88 Å². The molecule has 0 saturated heterocycles. The number of aryl methyl sites for hydroxylation is 1. The maximum Gasteiger partial charge on any atom is 0.433 e. The minimum atomic E-state index is -0.548. The molecule has 3 rings (SSSR count). The largest absolute Gasteiger partial charge is 0.433 e. The monoisotopic (exact) mass is 254 g/mol. The van der Waals surface area contributed by atoms with Gasteiger partial charge in [-0.15, -0.1) is 0 Å². The highest BCUT2D eigenvalue weighted by Gasteiger charge is 2.15. The second-order valence-electron chi connectivity index (χ2n) is 4.21. The van der Waals surface area contributed by atoms with Crippen LogP contribution in [-0.2, 0) is 0 Å². The summed E-state index contributed by atoms with van der Waals surface area (Å²) in [5, 5.41) is 11.7. The molecular weight excluding hydrogens is 244 g/mol. The predicted molar refractivity (Wildman–Crippen MR) is 70.8 cm³/mol. The SMILES string of the molecule is Cc1c(-c2ccc([N+](=O)[O-])o2)cnc2ccccc12. The van der Waals surface area contributed by atoms with Gasteiger partial charge in [-0.05, 0) is 24.6 Å². The van der Waals surface area contributed by atoms with E-state index in [-0.39, 0.29) is 5.88 Å². The first kappa shape index (κ1) is 11.4.